The van der Waals surface area contributed by atoms with Gasteiger partial charge in [0.05, 0.1) is 29.8 Å². The SMILES string of the molecule is COc1cccc2c1nc([C@H](CCCCC(=N)CF)NC(=O)c1cccc3c1C(=O)N(C1CC1)C3)n2C. The Morgan fingerprint density at radius 1 is 1.24 bits per heavy atom. The third kappa shape index (κ3) is 4.82. The molecule has 8 nitrogen and oxygen atoms in total. The van der Waals surface area contributed by atoms with Crippen LogP contribution in [0.1, 0.15) is 76.7 Å². The van der Waals surface area contributed by atoms with Crippen LogP contribution in [0.3, 0.4) is 0 Å². The number of para-hydroxylation sites is 1. The van der Waals surface area contributed by atoms with E-state index < -0.39 is 12.7 Å². The molecule has 0 spiro atoms. The Morgan fingerprint density at radius 2 is 2.03 bits per heavy atom. The lowest BCUT2D eigenvalue weighted by Gasteiger charge is -2.20. The first-order valence-corrected chi connectivity index (χ1v) is 12.8. The van der Waals surface area contributed by atoms with Crippen molar-refractivity contribution in [1.29, 1.82) is 5.41 Å². The first-order valence-electron chi connectivity index (χ1n) is 12.8. The average molecular weight is 506 g/mol. The number of aryl methyl sites for hydroxylation is 1. The molecule has 2 N–H and O–H groups in total. The van der Waals surface area contributed by atoms with Gasteiger partial charge in [-0.25, -0.2) is 9.37 Å². The summed E-state index contributed by atoms with van der Waals surface area (Å²) >= 11 is 0. The molecule has 194 valence electrons. The summed E-state index contributed by atoms with van der Waals surface area (Å²) in [5.41, 5.74) is 3.42. The quantitative estimate of drug-likeness (QED) is 0.291. The summed E-state index contributed by atoms with van der Waals surface area (Å²) in [7, 11) is 3.50. The lowest BCUT2D eigenvalue weighted by molar-refractivity contribution is 0.0760. The number of methoxy groups -OCH3 is 1. The molecular formula is C28H32FN5O3. The number of carbonyl (C=O) groups excluding carboxylic acids is 2. The Morgan fingerprint density at radius 3 is 2.76 bits per heavy atom. The molecule has 0 bridgehead atoms. The zero-order valence-electron chi connectivity index (χ0n) is 21.2. The Labute approximate surface area is 215 Å². The van der Waals surface area contributed by atoms with Gasteiger partial charge in [0.25, 0.3) is 11.8 Å². The maximum Gasteiger partial charge on any atom is 0.255 e. The summed E-state index contributed by atoms with van der Waals surface area (Å²) in [5, 5.41) is 10.7. The number of ether oxygens (including phenoxy) is 1. The predicted octanol–water partition coefficient (Wildman–Crippen LogP) is 4.72. The number of hydrogen-bond acceptors (Lipinski definition) is 5. The van der Waals surface area contributed by atoms with Crippen LogP contribution >= 0.6 is 0 Å². The van der Waals surface area contributed by atoms with Crippen molar-refractivity contribution in [3.63, 3.8) is 0 Å². The van der Waals surface area contributed by atoms with E-state index in [1.165, 1.54) is 0 Å². The van der Waals surface area contributed by atoms with Crippen molar-refractivity contribution in [3.05, 3.63) is 58.9 Å². The van der Waals surface area contributed by atoms with Crippen LogP contribution in [0.2, 0.25) is 0 Å². The molecule has 2 amide bonds. The number of benzene rings is 2. The van der Waals surface area contributed by atoms with Crippen molar-refractivity contribution in [2.24, 2.45) is 7.05 Å². The number of fused-ring (bicyclic) bond motifs is 2. The summed E-state index contributed by atoms with van der Waals surface area (Å²) in [6, 6.07) is 11.0. The molecule has 2 heterocycles. The number of hydrogen-bond donors (Lipinski definition) is 2. The number of nitrogens with zero attached hydrogens (tertiary/aromatic N) is 3. The molecular weight excluding hydrogens is 473 g/mol. The predicted molar refractivity (Wildman–Crippen MR) is 139 cm³/mol. The Balaban J connectivity index is 1.43. The minimum Gasteiger partial charge on any atom is -0.494 e. The third-order valence-corrected chi connectivity index (χ3v) is 7.33. The van der Waals surface area contributed by atoms with Crippen molar-refractivity contribution < 1.29 is 18.7 Å². The van der Waals surface area contributed by atoms with Gasteiger partial charge in [0.2, 0.25) is 0 Å². The van der Waals surface area contributed by atoms with Crippen molar-refractivity contribution in [3.8, 4) is 5.75 Å². The number of imidazole rings is 1. The fourth-order valence-electron chi connectivity index (χ4n) is 5.19. The van der Waals surface area contributed by atoms with E-state index in [4.69, 9.17) is 15.1 Å². The van der Waals surface area contributed by atoms with Gasteiger partial charge in [0.1, 0.15) is 23.8 Å². The van der Waals surface area contributed by atoms with Crippen LogP contribution in [0.4, 0.5) is 4.39 Å². The molecule has 9 heteroatoms. The number of nitrogens with one attached hydrogen (secondary N) is 2. The molecule has 3 aromatic rings. The van der Waals surface area contributed by atoms with E-state index in [2.05, 4.69) is 5.32 Å². The second kappa shape index (κ2) is 10.3. The molecule has 5 rings (SSSR count). The van der Waals surface area contributed by atoms with Gasteiger partial charge in [0, 0.05) is 25.3 Å². The van der Waals surface area contributed by atoms with Crippen molar-refractivity contribution in [2.75, 3.05) is 13.8 Å². The second-order valence-corrected chi connectivity index (χ2v) is 9.87. The zero-order valence-corrected chi connectivity index (χ0v) is 21.2. The lowest BCUT2D eigenvalue weighted by atomic mass is 10.0. The Bertz CT molecular complexity index is 1360. The van der Waals surface area contributed by atoms with Gasteiger partial charge < -0.3 is 24.9 Å². The topological polar surface area (TPSA) is 100 Å². The summed E-state index contributed by atoms with van der Waals surface area (Å²) in [6.45, 7) is -0.190. The first-order chi connectivity index (χ1) is 17.9. The summed E-state index contributed by atoms with van der Waals surface area (Å²) in [5.74, 6) is 0.930. The maximum atomic E-state index is 13.6. The normalized spacial score (nSPS) is 15.6. The minimum atomic E-state index is -0.740. The van der Waals surface area contributed by atoms with E-state index in [0.717, 1.165) is 23.9 Å². The van der Waals surface area contributed by atoms with Crippen LogP contribution in [0.5, 0.6) is 5.75 Å². The summed E-state index contributed by atoms with van der Waals surface area (Å²) < 4.78 is 20.2. The van der Waals surface area contributed by atoms with Gasteiger partial charge in [-0.2, -0.15) is 0 Å². The van der Waals surface area contributed by atoms with Crippen LogP contribution in [0, 0.1) is 5.41 Å². The molecule has 1 aliphatic heterocycles. The highest BCUT2D eigenvalue weighted by atomic mass is 19.1. The van der Waals surface area contributed by atoms with Gasteiger partial charge in [-0.05, 0) is 55.9 Å². The second-order valence-electron chi connectivity index (χ2n) is 9.87. The first kappa shape index (κ1) is 24.9. The van der Waals surface area contributed by atoms with Gasteiger partial charge in [0.15, 0.2) is 0 Å². The highest BCUT2D eigenvalue weighted by Crippen LogP contribution is 2.36. The number of carbonyl (C=O) groups is 2. The minimum absolute atomic E-state index is 0.0722. The highest BCUT2D eigenvalue weighted by Gasteiger charge is 2.40. The van der Waals surface area contributed by atoms with Crippen LogP contribution < -0.4 is 10.1 Å². The van der Waals surface area contributed by atoms with E-state index in [9.17, 15) is 14.0 Å². The molecule has 0 saturated heterocycles. The van der Waals surface area contributed by atoms with E-state index in [1.54, 1.807) is 13.2 Å². The average Bonchev–Trinajstić information content (AvgIpc) is 3.63. The van der Waals surface area contributed by atoms with Gasteiger partial charge in [-0.3, -0.25) is 9.59 Å². The standard InChI is InChI=1S/C28H32FN5O3/c1-33-22-11-6-12-23(37-2)25(22)32-26(33)21(10-4-3-8-18(30)15-29)31-27(35)20-9-5-7-17-16-34(19-13-14-19)28(36)24(17)20/h5-7,9,11-12,19,21,30H,3-4,8,10,13-16H2,1-2H3,(H,31,35)/t21-/m0/s1. The van der Waals surface area contributed by atoms with E-state index >= 15 is 0 Å². The number of amides is 2. The number of alkyl halides is 1. The zero-order chi connectivity index (χ0) is 26.1. The molecule has 1 fully saturated rings. The molecule has 0 radical (unpaired) electrons. The smallest absolute Gasteiger partial charge is 0.255 e. The molecule has 2 aromatic carbocycles. The van der Waals surface area contributed by atoms with Gasteiger partial charge in [-0.15, -0.1) is 0 Å². The van der Waals surface area contributed by atoms with E-state index in [1.807, 2.05) is 46.8 Å². The number of aromatic nitrogens is 2. The largest absolute Gasteiger partial charge is 0.494 e. The lowest BCUT2D eigenvalue weighted by Crippen LogP contribution is -2.32. The van der Waals surface area contributed by atoms with Crippen LogP contribution in [-0.2, 0) is 13.6 Å². The monoisotopic (exact) mass is 505 g/mol. The van der Waals surface area contributed by atoms with Crippen LogP contribution in [0.25, 0.3) is 11.0 Å². The molecule has 0 unspecified atom stereocenters. The van der Waals surface area contributed by atoms with Crippen LogP contribution in [0.15, 0.2) is 36.4 Å². The van der Waals surface area contributed by atoms with Crippen molar-refractivity contribution in [1.82, 2.24) is 19.8 Å². The number of unbranched alkanes of at least 4 members (excludes halogenated alkanes) is 1. The highest BCUT2D eigenvalue weighted by molar-refractivity contribution is 6.09. The van der Waals surface area contributed by atoms with Crippen molar-refractivity contribution >= 4 is 28.6 Å². The maximum absolute atomic E-state index is 13.6. The summed E-state index contributed by atoms with van der Waals surface area (Å²) in [6.07, 6.45) is 4.28. The summed E-state index contributed by atoms with van der Waals surface area (Å²) in [4.78, 5) is 33.5. The van der Waals surface area contributed by atoms with Crippen molar-refractivity contribution in [2.45, 2.75) is 57.2 Å². The third-order valence-electron chi connectivity index (χ3n) is 7.33. The number of rotatable bonds is 11. The van der Waals surface area contributed by atoms with Gasteiger partial charge in [-0.1, -0.05) is 24.6 Å². The van der Waals surface area contributed by atoms with Crippen LogP contribution in [-0.4, -0.2) is 51.8 Å². The fraction of sp³-hybridized carbons (Fsp3) is 0.429. The van der Waals surface area contributed by atoms with Gasteiger partial charge >= 0.3 is 0 Å². The molecule has 1 aromatic heterocycles. The fourth-order valence-corrected chi connectivity index (χ4v) is 5.19. The number of halogens is 1. The Kier molecular flexibility index (Phi) is 6.95. The molecule has 1 saturated carbocycles. The molecule has 37 heavy (non-hydrogen) atoms. The van der Waals surface area contributed by atoms with E-state index in [0.29, 0.717) is 60.4 Å². The molecule has 1 atom stereocenters. The van der Waals surface area contributed by atoms with E-state index in [-0.39, 0.29) is 23.6 Å². The molecule has 2 aliphatic rings. The molecule has 1 aliphatic carbocycles. The Hall–Kier alpha value is -3.75.